The molecule has 0 N–H and O–H groups in total. The van der Waals surface area contributed by atoms with Crippen molar-refractivity contribution in [3.8, 4) is 0 Å². The topological polar surface area (TPSA) is 47.8 Å². The van der Waals surface area contributed by atoms with E-state index in [1.165, 1.54) is 7.05 Å². The maximum atomic E-state index is 12.2. The third kappa shape index (κ3) is 3.44. The second-order valence-corrected chi connectivity index (χ2v) is 3.54. The Bertz CT molecular complexity index is 421. The van der Waals surface area contributed by atoms with Gasteiger partial charge in [-0.05, 0) is 0 Å². The van der Waals surface area contributed by atoms with E-state index in [2.05, 4.69) is 10.3 Å². The van der Waals surface area contributed by atoms with E-state index in [1.54, 1.807) is 0 Å². The first-order valence-electron chi connectivity index (χ1n) is 4.53. The number of ketones is 1. The molecule has 0 saturated heterocycles. The molecule has 10 heteroatoms. The minimum absolute atomic E-state index is 0.249. The molecule has 0 fully saturated rings. The van der Waals surface area contributed by atoms with Crippen LogP contribution < -0.4 is 0 Å². The Morgan fingerprint density at radius 2 is 1.78 bits per heavy atom. The summed E-state index contributed by atoms with van der Waals surface area (Å²) in [6.45, 7) is 0. The minimum Gasteiger partial charge on any atom is -0.298 e. The maximum Gasteiger partial charge on any atom is 0.407 e. The number of hydrogen-bond acceptors (Lipinski definition) is 3. The van der Waals surface area contributed by atoms with Crippen molar-refractivity contribution in [2.45, 2.75) is 18.8 Å². The molecule has 1 aromatic heterocycles. The molecule has 1 rings (SSSR count). The van der Waals surface area contributed by atoms with Gasteiger partial charge >= 0.3 is 12.4 Å². The molecule has 0 aromatic carbocycles. The van der Waals surface area contributed by atoms with E-state index in [4.69, 9.17) is 0 Å². The Morgan fingerprint density at radius 3 is 2.11 bits per heavy atom. The molecule has 0 saturated carbocycles. The summed E-state index contributed by atoms with van der Waals surface area (Å²) in [7, 11) is 1.37. The van der Waals surface area contributed by atoms with Gasteiger partial charge < -0.3 is 0 Å². The second-order valence-electron chi connectivity index (χ2n) is 3.54. The van der Waals surface area contributed by atoms with E-state index >= 15 is 0 Å². The molecule has 0 aliphatic rings. The lowest BCUT2D eigenvalue weighted by molar-refractivity contribution is -0.273. The predicted octanol–water partition coefficient (Wildman–Crippen LogP) is 1.67. The van der Waals surface area contributed by atoms with Crippen molar-refractivity contribution in [3.05, 3.63) is 11.9 Å². The molecular formula is C8H7F6N3O. The highest BCUT2D eigenvalue weighted by Crippen LogP contribution is 2.40. The first kappa shape index (κ1) is 14.5. The molecule has 0 aliphatic heterocycles. The molecular weight excluding hydrogens is 268 g/mol. The van der Waals surface area contributed by atoms with Crippen LogP contribution in [-0.4, -0.2) is 33.1 Å². The summed E-state index contributed by atoms with van der Waals surface area (Å²) >= 11 is 0. The summed E-state index contributed by atoms with van der Waals surface area (Å²) < 4.78 is 74.2. The molecule has 0 radical (unpaired) electrons. The maximum absolute atomic E-state index is 12.2. The predicted molar refractivity (Wildman–Crippen MR) is 45.3 cm³/mol. The summed E-state index contributed by atoms with van der Waals surface area (Å²) in [5, 5.41) is 6.57. The molecule has 1 aromatic rings. The standard InChI is InChI=1S/C8H7F6N3O/c1-17-3-4(15-16-17)2-5(18)6(7(9,10)11)8(12,13)14/h3,6H,2H2,1H3. The minimum atomic E-state index is -5.67. The van der Waals surface area contributed by atoms with Gasteiger partial charge in [0.05, 0.1) is 12.1 Å². The van der Waals surface area contributed by atoms with Gasteiger partial charge in [-0.2, -0.15) is 26.3 Å². The van der Waals surface area contributed by atoms with Gasteiger partial charge in [-0.3, -0.25) is 9.48 Å². The van der Waals surface area contributed by atoms with Crippen LogP contribution >= 0.6 is 0 Å². The lowest BCUT2D eigenvalue weighted by Gasteiger charge is -2.21. The van der Waals surface area contributed by atoms with Gasteiger partial charge in [0.1, 0.15) is 0 Å². The quantitative estimate of drug-likeness (QED) is 0.788. The number of nitrogens with zero attached hydrogens (tertiary/aromatic N) is 3. The van der Waals surface area contributed by atoms with Gasteiger partial charge in [0.2, 0.25) is 5.92 Å². The van der Waals surface area contributed by atoms with Gasteiger partial charge in [-0.15, -0.1) is 5.10 Å². The van der Waals surface area contributed by atoms with Crippen molar-refractivity contribution in [3.63, 3.8) is 0 Å². The number of rotatable bonds is 3. The second kappa shape index (κ2) is 4.58. The van der Waals surface area contributed by atoms with Crippen molar-refractivity contribution in [2.24, 2.45) is 13.0 Å². The van der Waals surface area contributed by atoms with Crippen LogP contribution in [0, 0.1) is 5.92 Å². The van der Waals surface area contributed by atoms with Crippen molar-refractivity contribution >= 4 is 5.78 Å². The molecule has 18 heavy (non-hydrogen) atoms. The Labute approximate surface area is 96.6 Å². The first-order chi connectivity index (χ1) is 8.01. The van der Waals surface area contributed by atoms with Crippen molar-refractivity contribution in [1.82, 2.24) is 15.0 Å². The fraction of sp³-hybridized carbons (Fsp3) is 0.625. The summed E-state index contributed by atoms with van der Waals surface area (Å²) in [5.41, 5.74) is -0.249. The van der Waals surface area contributed by atoms with E-state index < -0.39 is 30.5 Å². The van der Waals surface area contributed by atoms with E-state index in [0.29, 0.717) is 0 Å². The Balaban J connectivity index is 2.91. The third-order valence-corrected chi connectivity index (χ3v) is 1.98. The van der Waals surface area contributed by atoms with E-state index in [9.17, 15) is 31.1 Å². The summed E-state index contributed by atoms with van der Waals surface area (Å²) in [6.07, 6.45) is -11.3. The highest BCUT2D eigenvalue weighted by atomic mass is 19.4. The van der Waals surface area contributed by atoms with Crippen LogP contribution in [0.2, 0.25) is 0 Å². The number of carbonyl (C=O) groups is 1. The van der Waals surface area contributed by atoms with Gasteiger partial charge in [-0.1, -0.05) is 5.21 Å². The largest absolute Gasteiger partial charge is 0.407 e. The van der Waals surface area contributed by atoms with E-state index in [0.717, 1.165) is 10.9 Å². The van der Waals surface area contributed by atoms with Gasteiger partial charge in [0.15, 0.2) is 5.78 Å². The SMILES string of the molecule is Cn1cc(CC(=O)C(C(F)(F)F)C(F)(F)F)nn1. The molecule has 4 nitrogen and oxygen atoms in total. The summed E-state index contributed by atoms with van der Waals surface area (Å²) in [4.78, 5) is 11.1. The van der Waals surface area contributed by atoms with E-state index in [1.807, 2.05) is 0 Å². The zero-order valence-corrected chi connectivity index (χ0v) is 8.88. The molecule has 0 aliphatic carbocycles. The lowest BCUT2D eigenvalue weighted by atomic mass is 9.99. The summed E-state index contributed by atoms with van der Waals surface area (Å²) in [5.74, 6) is -6.00. The summed E-state index contributed by atoms with van der Waals surface area (Å²) in [6, 6.07) is 0. The molecule has 1 heterocycles. The molecule has 0 amide bonds. The number of aryl methyl sites for hydroxylation is 1. The Kier molecular flexibility index (Phi) is 3.67. The van der Waals surface area contributed by atoms with Crippen molar-refractivity contribution in [2.75, 3.05) is 0 Å². The van der Waals surface area contributed by atoms with E-state index in [-0.39, 0.29) is 5.69 Å². The third-order valence-electron chi connectivity index (χ3n) is 1.98. The monoisotopic (exact) mass is 275 g/mol. The number of Topliss-reactive ketones (excluding diaryl/α,β-unsaturated/α-hetero) is 1. The number of alkyl halides is 6. The average Bonchev–Trinajstić information content (AvgIpc) is 2.44. The molecule has 0 unspecified atom stereocenters. The fourth-order valence-corrected chi connectivity index (χ4v) is 1.31. The van der Waals surface area contributed by atoms with Crippen molar-refractivity contribution < 1.29 is 31.1 Å². The molecule has 0 spiro atoms. The number of halogens is 6. The first-order valence-corrected chi connectivity index (χ1v) is 4.53. The zero-order valence-electron chi connectivity index (χ0n) is 8.88. The van der Waals surface area contributed by atoms with Crippen LogP contribution in [0.15, 0.2) is 6.20 Å². The molecule has 0 bridgehead atoms. The highest BCUT2D eigenvalue weighted by Gasteiger charge is 2.60. The zero-order chi connectivity index (χ0) is 14.1. The number of carbonyl (C=O) groups excluding carboxylic acids is 1. The number of hydrogen-bond donors (Lipinski definition) is 0. The fourth-order valence-electron chi connectivity index (χ4n) is 1.31. The van der Waals surface area contributed by atoms with Crippen LogP contribution in [0.1, 0.15) is 5.69 Å². The lowest BCUT2D eigenvalue weighted by Crippen LogP contribution is -2.43. The Hall–Kier alpha value is -1.61. The smallest absolute Gasteiger partial charge is 0.298 e. The number of aromatic nitrogens is 3. The van der Waals surface area contributed by atoms with Gasteiger partial charge in [0.25, 0.3) is 0 Å². The van der Waals surface area contributed by atoms with Crippen LogP contribution in [0.5, 0.6) is 0 Å². The molecule has 0 atom stereocenters. The van der Waals surface area contributed by atoms with Crippen LogP contribution in [0.25, 0.3) is 0 Å². The Morgan fingerprint density at radius 1 is 1.28 bits per heavy atom. The van der Waals surface area contributed by atoms with Crippen LogP contribution in [-0.2, 0) is 18.3 Å². The van der Waals surface area contributed by atoms with Crippen molar-refractivity contribution in [1.29, 1.82) is 0 Å². The normalized spacial score (nSPS) is 13.1. The van der Waals surface area contributed by atoms with Crippen LogP contribution in [0.3, 0.4) is 0 Å². The average molecular weight is 275 g/mol. The highest BCUT2D eigenvalue weighted by molar-refractivity contribution is 5.84. The van der Waals surface area contributed by atoms with Crippen LogP contribution in [0.4, 0.5) is 26.3 Å². The van der Waals surface area contributed by atoms with Gasteiger partial charge in [0, 0.05) is 13.2 Å². The molecule has 102 valence electrons. The van der Waals surface area contributed by atoms with Gasteiger partial charge in [-0.25, -0.2) is 0 Å².